The number of anilines is 1. The highest BCUT2D eigenvalue weighted by Crippen LogP contribution is 2.40. The summed E-state index contributed by atoms with van der Waals surface area (Å²) < 4.78 is 5.52. The van der Waals surface area contributed by atoms with Gasteiger partial charge >= 0.3 is 0 Å². The lowest BCUT2D eigenvalue weighted by Crippen LogP contribution is -2.17. The van der Waals surface area contributed by atoms with E-state index in [9.17, 15) is 4.79 Å². The van der Waals surface area contributed by atoms with Gasteiger partial charge < -0.3 is 10.1 Å². The van der Waals surface area contributed by atoms with Crippen LogP contribution in [-0.4, -0.2) is 12.5 Å². The van der Waals surface area contributed by atoms with Crippen molar-refractivity contribution >= 4 is 29.4 Å². The maximum Gasteiger partial charge on any atom is 0.262 e. The van der Waals surface area contributed by atoms with E-state index in [1.54, 1.807) is 0 Å². The molecule has 0 aromatic heterocycles. The molecule has 3 nitrogen and oxygen atoms in total. The molecule has 0 aliphatic carbocycles. The van der Waals surface area contributed by atoms with Crippen LogP contribution < -0.4 is 10.1 Å². The third-order valence-electron chi connectivity index (χ3n) is 3.30. The number of hydrogen-bond acceptors (Lipinski definition) is 3. The average molecular weight is 311 g/mol. The summed E-state index contributed by atoms with van der Waals surface area (Å²) in [6, 6.07) is 13.8. The summed E-state index contributed by atoms with van der Waals surface area (Å²) in [5, 5.41) is 2.93. The van der Waals surface area contributed by atoms with Gasteiger partial charge in [-0.05, 0) is 43.7 Å². The second kappa shape index (κ2) is 6.28. The van der Waals surface area contributed by atoms with Gasteiger partial charge in [0.25, 0.3) is 5.91 Å². The molecule has 0 fully saturated rings. The molecular weight excluding hydrogens is 294 g/mol. The maximum absolute atomic E-state index is 12.2. The van der Waals surface area contributed by atoms with E-state index in [0.29, 0.717) is 11.5 Å². The van der Waals surface area contributed by atoms with E-state index >= 15 is 0 Å². The van der Waals surface area contributed by atoms with Crippen molar-refractivity contribution < 1.29 is 9.53 Å². The van der Waals surface area contributed by atoms with Crippen LogP contribution in [0.5, 0.6) is 5.75 Å². The van der Waals surface area contributed by atoms with Crippen LogP contribution in [0.15, 0.2) is 52.3 Å². The first-order valence-corrected chi connectivity index (χ1v) is 8.02. The summed E-state index contributed by atoms with van der Waals surface area (Å²) >= 11 is 1.47. The second-order valence-electron chi connectivity index (χ2n) is 5.07. The number of fused-ring (bicyclic) bond motifs is 1. The molecule has 3 rings (SSSR count). The zero-order chi connectivity index (χ0) is 15.5. The average Bonchev–Trinajstić information content (AvgIpc) is 2.49. The fourth-order valence-electron chi connectivity index (χ4n) is 2.30. The van der Waals surface area contributed by atoms with Gasteiger partial charge in [-0.15, -0.1) is 0 Å². The SMILES string of the molecule is CCOc1ccc2c(c1)S/C(=C/c1cccc(C)c1)C(=O)N2. The molecule has 4 heteroatoms. The summed E-state index contributed by atoms with van der Waals surface area (Å²) in [5.41, 5.74) is 3.04. The molecule has 2 aromatic carbocycles. The Morgan fingerprint density at radius 2 is 2.09 bits per heavy atom. The number of benzene rings is 2. The monoisotopic (exact) mass is 311 g/mol. The molecule has 0 saturated heterocycles. The number of nitrogens with one attached hydrogen (secondary N) is 1. The molecule has 0 bridgehead atoms. The summed E-state index contributed by atoms with van der Waals surface area (Å²) in [6.07, 6.45) is 1.92. The number of ether oxygens (including phenoxy) is 1. The van der Waals surface area contributed by atoms with Crippen molar-refractivity contribution in [1.29, 1.82) is 0 Å². The number of hydrogen-bond donors (Lipinski definition) is 1. The molecule has 0 radical (unpaired) electrons. The van der Waals surface area contributed by atoms with E-state index in [1.807, 2.05) is 56.3 Å². The van der Waals surface area contributed by atoms with Crippen LogP contribution in [-0.2, 0) is 4.79 Å². The smallest absolute Gasteiger partial charge is 0.262 e. The highest BCUT2D eigenvalue weighted by atomic mass is 32.2. The summed E-state index contributed by atoms with van der Waals surface area (Å²) in [5.74, 6) is 0.753. The van der Waals surface area contributed by atoms with E-state index in [2.05, 4.69) is 11.4 Å². The van der Waals surface area contributed by atoms with Crippen LogP contribution in [0.2, 0.25) is 0 Å². The Morgan fingerprint density at radius 1 is 1.23 bits per heavy atom. The van der Waals surface area contributed by atoms with Gasteiger partial charge in [-0.1, -0.05) is 41.6 Å². The number of carbonyl (C=O) groups excluding carboxylic acids is 1. The Hall–Kier alpha value is -2.20. The van der Waals surface area contributed by atoms with Crippen LogP contribution in [0.25, 0.3) is 6.08 Å². The Morgan fingerprint density at radius 3 is 2.86 bits per heavy atom. The number of aryl methyl sites for hydroxylation is 1. The first-order chi connectivity index (χ1) is 10.7. The first kappa shape index (κ1) is 14.7. The molecule has 1 N–H and O–H groups in total. The van der Waals surface area contributed by atoms with Crippen molar-refractivity contribution in [3.63, 3.8) is 0 Å². The third kappa shape index (κ3) is 3.17. The van der Waals surface area contributed by atoms with Gasteiger partial charge in [-0.25, -0.2) is 0 Å². The Labute approximate surface area is 134 Å². The molecule has 112 valence electrons. The van der Waals surface area contributed by atoms with Gasteiger partial charge in [0.2, 0.25) is 0 Å². The molecule has 0 saturated carbocycles. The van der Waals surface area contributed by atoms with Gasteiger partial charge in [0.05, 0.1) is 17.2 Å². The Kier molecular flexibility index (Phi) is 4.20. The fraction of sp³-hybridized carbons (Fsp3) is 0.167. The van der Waals surface area contributed by atoms with Gasteiger partial charge in [0, 0.05) is 4.90 Å². The van der Waals surface area contributed by atoms with E-state index in [4.69, 9.17) is 4.74 Å². The van der Waals surface area contributed by atoms with E-state index < -0.39 is 0 Å². The predicted molar refractivity (Wildman–Crippen MR) is 91.3 cm³/mol. The molecule has 0 spiro atoms. The molecule has 1 aliphatic rings. The van der Waals surface area contributed by atoms with Crippen molar-refractivity contribution in [2.75, 3.05) is 11.9 Å². The molecule has 2 aromatic rings. The molecule has 0 atom stereocenters. The minimum Gasteiger partial charge on any atom is -0.494 e. The number of rotatable bonds is 3. The Balaban J connectivity index is 1.92. The number of thioether (sulfide) groups is 1. The van der Waals surface area contributed by atoms with Gasteiger partial charge in [0.1, 0.15) is 5.75 Å². The van der Waals surface area contributed by atoms with Crippen LogP contribution in [0.4, 0.5) is 5.69 Å². The van der Waals surface area contributed by atoms with Crippen molar-refractivity contribution in [3.05, 3.63) is 58.5 Å². The van der Waals surface area contributed by atoms with Crippen LogP contribution in [0, 0.1) is 6.92 Å². The molecule has 1 amide bonds. The number of amides is 1. The molecule has 22 heavy (non-hydrogen) atoms. The second-order valence-corrected chi connectivity index (χ2v) is 6.15. The topological polar surface area (TPSA) is 38.3 Å². The fourth-order valence-corrected chi connectivity index (χ4v) is 3.28. The van der Waals surface area contributed by atoms with E-state index in [1.165, 1.54) is 17.3 Å². The first-order valence-electron chi connectivity index (χ1n) is 7.20. The third-order valence-corrected chi connectivity index (χ3v) is 4.38. The maximum atomic E-state index is 12.2. The van der Waals surface area contributed by atoms with Crippen LogP contribution >= 0.6 is 11.8 Å². The normalized spacial score (nSPS) is 15.4. The molecular formula is C18H17NO2S. The van der Waals surface area contributed by atoms with Gasteiger partial charge in [-0.2, -0.15) is 0 Å². The van der Waals surface area contributed by atoms with E-state index in [0.717, 1.165) is 21.9 Å². The van der Waals surface area contributed by atoms with Crippen molar-refractivity contribution in [2.24, 2.45) is 0 Å². The van der Waals surface area contributed by atoms with Crippen molar-refractivity contribution in [3.8, 4) is 5.75 Å². The lowest BCUT2D eigenvalue weighted by molar-refractivity contribution is -0.112. The molecule has 1 aliphatic heterocycles. The van der Waals surface area contributed by atoms with Crippen LogP contribution in [0.3, 0.4) is 0 Å². The summed E-state index contributed by atoms with van der Waals surface area (Å²) in [4.78, 5) is 13.9. The lowest BCUT2D eigenvalue weighted by Gasteiger charge is -2.19. The zero-order valence-electron chi connectivity index (χ0n) is 12.6. The lowest BCUT2D eigenvalue weighted by atomic mass is 10.1. The Bertz CT molecular complexity index is 753. The number of carbonyl (C=O) groups is 1. The van der Waals surface area contributed by atoms with Gasteiger partial charge in [0.15, 0.2) is 0 Å². The standard InChI is InChI=1S/C18H17NO2S/c1-3-21-14-7-8-15-16(11-14)22-17(18(20)19-15)10-13-6-4-5-12(2)9-13/h4-11H,3H2,1-2H3,(H,19,20)/b17-10+. The highest BCUT2D eigenvalue weighted by Gasteiger charge is 2.21. The summed E-state index contributed by atoms with van der Waals surface area (Å²) in [7, 11) is 0. The largest absolute Gasteiger partial charge is 0.494 e. The quantitative estimate of drug-likeness (QED) is 0.849. The predicted octanol–water partition coefficient (Wildman–Crippen LogP) is 4.48. The minimum atomic E-state index is -0.0665. The minimum absolute atomic E-state index is 0.0665. The van der Waals surface area contributed by atoms with Crippen molar-refractivity contribution in [2.45, 2.75) is 18.7 Å². The van der Waals surface area contributed by atoms with Crippen molar-refractivity contribution in [1.82, 2.24) is 0 Å². The molecule has 0 unspecified atom stereocenters. The summed E-state index contributed by atoms with van der Waals surface area (Å²) in [6.45, 7) is 4.62. The van der Waals surface area contributed by atoms with E-state index in [-0.39, 0.29) is 5.91 Å². The zero-order valence-corrected chi connectivity index (χ0v) is 13.4. The van der Waals surface area contributed by atoms with Gasteiger partial charge in [-0.3, -0.25) is 4.79 Å². The molecule has 1 heterocycles. The van der Waals surface area contributed by atoms with Crippen LogP contribution in [0.1, 0.15) is 18.1 Å². The highest BCUT2D eigenvalue weighted by molar-refractivity contribution is 8.04.